The van der Waals surface area contributed by atoms with Gasteiger partial charge in [0.1, 0.15) is 19.0 Å². The molecular formula is C34H40ClN3O3. The van der Waals surface area contributed by atoms with Gasteiger partial charge in [0.15, 0.2) is 11.5 Å². The van der Waals surface area contributed by atoms with E-state index in [4.69, 9.17) is 14.5 Å². The minimum absolute atomic E-state index is 0.178. The number of allylic oxidation sites excluding steroid dienone is 1. The summed E-state index contributed by atoms with van der Waals surface area (Å²) in [5.74, 6) is 2.82. The molecule has 0 saturated carbocycles. The maximum atomic E-state index is 9.57. The minimum atomic E-state index is 0.178. The zero-order valence-electron chi connectivity index (χ0n) is 24.1. The fourth-order valence-electron chi connectivity index (χ4n) is 5.02. The van der Waals surface area contributed by atoms with Gasteiger partial charge < -0.3 is 19.1 Å². The predicted molar refractivity (Wildman–Crippen MR) is 167 cm³/mol. The average molecular weight is 574 g/mol. The molecule has 5 rings (SSSR count). The van der Waals surface area contributed by atoms with Gasteiger partial charge in [-0.05, 0) is 35.2 Å². The molecule has 7 heteroatoms. The molecular weight excluding hydrogens is 534 g/mol. The highest BCUT2D eigenvalue weighted by molar-refractivity contribution is 6.15. The van der Waals surface area contributed by atoms with Crippen molar-refractivity contribution in [3.8, 4) is 22.9 Å². The van der Waals surface area contributed by atoms with Crippen LogP contribution in [0.5, 0.6) is 11.5 Å². The highest BCUT2D eigenvalue weighted by atomic mass is 35.5. The molecule has 0 unspecified atom stereocenters. The van der Waals surface area contributed by atoms with Crippen LogP contribution in [0.1, 0.15) is 42.1 Å². The van der Waals surface area contributed by atoms with Crippen LogP contribution in [0.2, 0.25) is 0 Å². The summed E-state index contributed by atoms with van der Waals surface area (Å²) in [4.78, 5) is 7.32. The molecule has 0 fully saturated rings. The molecule has 3 aromatic carbocycles. The Morgan fingerprint density at radius 3 is 2.27 bits per heavy atom. The fourth-order valence-corrected chi connectivity index (χ4v) is 5.02. The van der Waals surface area contributed by atoms with Crippen molar-refractivity contribution in [2.45, 2.75) is 52.4 Å². The molecule has 4 aromatic rings. The number of hydrogen-bond acceptors (Lipinski definition) is 5. The van der Waals surface area contributed by atoms with Gasteiger partial charge >= 0.3 is 0 Å². The number of hydrogen-bond donors (Lipinski definition) is 1. The first-order valence-corrected chi connectivity index (χ1v) is 14.9. The summed E-state index contributed by atoms with van der Waals surface area (Å²) in [6.07, 6.45) is 6.20. The summed E-state index contributed by atoms with van der Waals surface area (Å²) in [5, 5.41) is 9.57. The predicted octanol–water partition coefficient (Wildman–Crippen LogP) is 7.79. The van der Waals surface area contributed by atoms with Crippen molar-refractivity contribution in [2.24, 2.45) is 0 Å². The van der Waals surface area contributed by atoms with Crippen LogP contribution in [0.4, 0.5) is 0 Å². The molecule has 0 bridgehead atoms. The number of rotatable bonds is 12. The summed E-state index contributed by atoms with van der Waals surface area (Å²) in [6, 6.07) is 25.1. The van der Waals surface area contributed by atoms with Crippen molar-refractivity contribution >= 4 is 11.6 Å². The van der Waals surface area contributed by atoms with E-state index in [0.717, 1.165) is 67.5 Å². The number of unbranched alkanes of at least 4 members (excludes halogenated alkanes) is 1. The second-order valence-corrected chi connectivity index (χ2v) is 10.1. The Balaban J connectivity index is 0.00000189. The molecule has 1 aromatic heterocycles. The van der Waals surface area contributed by atoms with Gasteiger partial charge in [-0.15, -0.1) is 11.6 Å². The number of aliphatic hydroxyl groups excluding tert-OH is 1. The van der Waals surface area contributed by atoms with Gasteiger partial charge in [0.25, 0.3) is 0 Å². The number of aromatic nitrogens is 2. The van der Waals surface area contributed by atoms with Crippen LogP contribution in [0, 0.1) is 0 Å². The molecule has 216 valence electrons. The van der Waals surface area contributed by atoms with E-state index in [-0.39, 0.29) is 5.76 Å². The first-order chi connectivity index (χ1) is 20.1. The number of ether oxygens (including phenoxy) is 2. The van der Waals surface area contributed by atoms with Crippen LogP contribution >= 0.6 is 11.6 Å². The Labute approximate surface area is 248 Å². The van der Waals surface area contributed by atoms with Gasteiger partial charge in [0.2, 0.25) is 0 Å². The third-order valence-electron chi connectivity index (χ3n) is 6.94. The van der Waals surface area contributed by atoms with E-state index in [0.29, 0.717) is 19.6 Å². The Morgan fingerprint density at radius 2 is 1.56 bits per heavy atom. The van der Waals surface area contributed by atoms with Crippen LogP contribution in [0.15, 0.2) is 91.3 Å². The number of imidazole rings is 1. The van der Waals surface area contributed by atoms with Crippen LogP contribution in [0.3, 0.4) is 0 Å². The van der Waals surface area contributed by atoms with Gasteiger partial charge in [-0.3, -0.25) is 4.90 Å². The highest BCUT2D eigenvalue weighted by Gasteiger charge is 2.18. The zero-order valence-corrected chi connectivity index (χ0v) is 24.8. The lowest BCUT2D eigenvalue weighted by molar-refractivity contribution is 0.170. The second-order valence-electron chi connectivity index (χ2n) is 10.1. The maximum Gasteiger partial charge on any atom is 0.161 e. The smallest absolute Gasteiger partial charge is 0.161 e. The van der Waals surface area contributed by atoms with Crippen molar-refractivity contribution in [1.29, 1.82) is 0 Å². The zero-order chi connectivity index (χ0) is 29.0. The molecule has 0 saturated heterocycles. The normalized spacial score (nSPS) is 12.1. The Bertz CT molecular complexity index is 1390. The maximum absolute atomic E-state index is 9.57. The molecule has 0 radical (unpaired) electrons. The molecule has 41 heavy (non-hydrogen) atoms. The largest absolute Gasteiger partial charge is 0.513 e. The van der Waals surface area contributed by atoms with E-state index in [1.807, 2.05) is 18.3 Å². The van der Waals surface area contributed by atoms with Crippen LogP contribution in [0.25, 0.3) is 11.4 Å². The molecule has 2 heterocycles. The fraction of sp³-hybridized carbons (Fsp3) is 0.324. The average Bonchev–Trinajstić information content (AvgIpc) is 3.40. The van der Waals surface area contributed by atoms with E-state index in [1.54, 1.807) is 0 Å². The van der Waals surface area contributed by atoms with Crippen molar-refractivity contribution in [2.75, 3.05) is 19.6 Å². The lowest BCUT2D eigenvalue weighted by atomic mass is 10.1. The lowest BCUT2D eigenvalue weighted by Gasteiger charge is -2.25. The van der Waals surface area contributed by atoms with Crippen LogP contribution in [-0.2, 0) is 32.6 Å². The number of halogens is 1. The van der Waals surface area contributed by atoms with Crippen molar-refractivity contribution < 1.29 is 14.6 Å². The van der Waals surface area contributed by atoms with Crippen molar-refractivity contribution in [1.82, 2.24) is 14.5 Å². The Morgan fingerprint density at radius 1 is 0.902 bits per heavy atom. The van der Waals surface area contributed by atoms with Crippen LogP contribution in [-0.4, -0.2) is 39.2 Å². The van der Waals surface area contributed by atoms with Gasteiger partial charge in [-0.25, -0.2) is 4.98 Å². The lowest BCUT2D eigenvalue weighted by Crippen LogP contribution is -2.24. The van der Waals surface area contributed by atoms with E-state index in [2.05, 4.69) is 95.2 Å². The second kappa shape index (κ2) is 15.3. The van der Waals surface area contributed by atoms with E-state index in [1.165, 1.54) is 23.2 Å². The third-order valence-corrected chi connectivity index (χ3v) is 6.94. The van der Waals surface area contributed by atoms with Gasteiger partial charge in [0.05, 0.1) is 17.6 Å². The topological polar surface area (TPSA) is 59.8 Å². The standard InChI is InChI=1S/C33H37N3O3.CH3Cl/c1-3-4-16-36-30(21-34-33(36)29-8-6-5-7-9-29)24-35(22-27-12-10-26(11-13-27)19-25(2)37)23-28-14-15-31-32(20-28)39-18-17-38-31;1-2/h5-15,20-21,37H,2-4,16-19,22-24H2,1H3;1H3. The monoisotopic (exact) mass is 573 g/mol. The molecule has 1 aliphatic rings. The first kappa shape index (κ1) is 30.2. The molecule has 0 spiro atoms. The van der Waals surface area contributed by atoms with Crippen LogP contribution < -0.4 is 9.47 Å². The third kappa shape index (κ3) is 8.38. The SMILES string of the molecule is C=C(O)Cc1ccc(CN(Cc2ccc3c(c2)OCCO3)Cc2cnc(-c3ccccc3)n2CCCC)cc1.CCl. The van der Waals surface area contributed by atoms with Gasteiger partial charge in [0, 0.05) is 44.5 Å². The van der Waals surface area contributed by atoms with E-state index >= 15 is 0 Å². The number of nitrogens with zero attached hydrogens (tertiary/aromatic N) is 3. The van der Waals surface area contributed by atoms with Gasteiger partial charge in [-0.2, -0.15) is 0 Å². The number of alkyl halides is 1. The summed E-state index contributed by atoms with van der Waals surface area (Å²) in [5.41, 5.74) is 5.78. The number of benzene rings is 3. The quantitative estimate of drug-likeness (QED) is 0.138. The van der Waals surface area contributed by atoms with Gasteiger partial charge in [-0.1, -0.05) is 80.6 Å². The highest BCUT2D eigenvalue weighted by Crippen LogP contribution is 2.31. The first-order valence-electron chi connectivity index (χ1n) is 14.1. The van der Waals surface area contributed by atoms with E-state index in [9.17, 15) is 5.11 Å². The summed E-state index contributed by atoms with van der Waals surface area (Å²) in [7, 11) is 0. The van der Waals surface area contributed by atoms with E-state index < -0.39 is 0 Å². The van der Waals surface area contributed by atoms with Crippen molar-refractivity contribution in [3.05, 3.63) is 114 Å². The summed E-state index contributed by atoms with van der Waals surface area (Å²) >= 11 is 4.64. The summed E-state index contributed by atoms with van der Waals surface area (Å²) in [6.45, 7) is 10.2. The summed E-state index contributed by atoms with van der Waals surface area (Å²) < 4.78 is 14.0. The number of aliphatic hydroxyl groups is 1. The number of fused-ring (bicyclic) bond motifs is 1. The minimum Gasteiger partial charge on any atom is -0.513 e. The molecule has 0 amide bonds. The Kier molecular flexibility index (Phi) is 11.3. The molecule has 1 aliphatic heterocycles. The Hall–Kier alpha value is -3.74. The molecule has 1 N–H and O–H groups in total. The molecule has 6 nitrogen and oxygen atoms in total. The molecule has 0 atom stereocenters. The van der Waals surface area contributed by atoms with Crippen molar-refractivity contribution in [3.63, 3.8) is 0 Å². The molecule has 0 aliphatic carbocycles.